The minimum atomic E-state index is -0.455. The molecule has 1 aromatic heterocycles. The second-order valence-electron chi connectivity index (χ2n) is 4.26. The van der Waals surface area contributed by atoms with Gasteiger partial charge in [0.15, 0.2) is 5.58 Å². The number of rotatable bonds is 3. The Morgan fingerprint density at radius 2 is 1.82 bits per heavy atom. The Hall–Kier alpha value is -2.89. The number of nitrogens with zero attached hydrogens (tertiary/aromatic N) is 2. The van der Waals surface area contributed by atoms with Gasteiger partial charge in [0.05, 0.1) is 11.0 Å². The van der Waals surface area contributed by atoms with E-state index >= 15 is 0 Å². The minimum Gasteiger partial charge on any atom is -0.436 e. The molecule has 0 saturated heterocycles. The van der Waals surface area contributed by atoms with E-state index < -0.39 is 4.92 Å². The highest BCUT2D eigenvalue weighted by Gasteiger charge is 2.12. The van der Waals surface area contributed by atoms with Gasteiger partial charge >= 0.3 is 0 Å². The molecule has 0 saturated carbocycles. The van der Waals surface area contributed by atoms with E-state index in [1.54, 1.807) is 6.07 Å². The molecule has 6 nitrogen and oxygen atoms in total. The molecule has 0 aliphatic carbocycles. The van der Waals surface area contributed by atoms with Crippen LogP contribution in [0.15, 0.2) is 46.9 Å². The lowest BCUT2D eigenvalue weighted by Gasteiger charge is -1.99. The molecule has 0 spiro atoms. The number of nitro groups is 1. The Morgan fingerprint density at radius 1 is 1.14 bits per heavy atom. The van der Waals surface area contributed by atoms with Gasteiger partial charge in [0.2, 0.25) is 5.89 Å². The van der Waals surface area contributed by atoms with Crippen molar-refractivity contribution in [2.45, 2.75) is 13.8 Å². The number of aromatic nitrogens is 1. The number of nitrogens with one attached hydrogen (secondary N) is 1. The van der Waals surface area contributed by atoms with E-state index in [0.29, 0.717) is 17.0 Å². The number of non-ortho nitro benzene ring substituents is 1. The molecule has 0 fully saturated rings. The number of anilines is 1. The van der Waals surface area contributed by atoms with Gasteiger partial charge in [-0.25, -0.2) is 4.98 Å². The maximum atomic E-state index is 10.7. The number of fused-ring (bicyclic) bond motifs is 1. The van der Waals surface area contributed by atoms with Gasteiger partial charge in [-0.3, -0.25) is 10.1 Å². The van der Waals surface area contributed by atoms with Crippen LogP contribution in [0.2, 0.25) is 0 Å². The summed E-state index contributed by atoms with van der Waals surface area (Å²) in [7, 11) is 1.84. The Labute approximate surface area is 127 Å². The van der Waals surface area contributed by atoms with Gasteiger partial charge in [-0.2, -0.15) is 0 Å². The van der Waals surface area contributed by atoms with Crippen LogP contribution in [0.25, 0.3) is 22.6 Å². The first-order valence-electron chi connectivity index (χ1n) is 7.00. The maximum Gasteiger partial charge on any atom is 0.273 e. The summed E-state index contributed by atoms with van der Waals surface area (Å²) in [5, 5.41) is 13.8. The van der Waals surface area contributed by atoms with Crippen molar-refractivity contribution < 1.29 is 9.34 Å². The molecule has 2 aromatic carbocycles. The van der Waals surface area contributed by atoms with Crippen LogP contribution in [0.5, 0.6) is 0 Å². The summed E-state index contributed by atoms with van der Waals surface area (Å²) in [5.74, 6) is 0.447. The molecule has 1 heterocycles. The van der Waals surface area contributed by atoms with Crippen LogP contribution in [-0.4, -0.2) is 17.0 Å². The summed E-state index contributed by atoms with van der Waals surface area (Å²) < 4.78 is 5.58. The first-order valence-corrected chi connectivity index (χ1v) is 7.00. The van der Waals surface area contributed by atoms with Gasteiger partial charge in [0, 0.05) is 24.4 Å². The van der Waals surface area contributed by atoms with E-state index in [-0.39, 0.29) is 5.69 Å². The molecule has 0 unspecified atom stereocenters. The van der Waals surface area contributed by atoms with Crippen molar-refractivity contribution >= 4 is 22.5 Å². The molecule has 114 valence electrons. The zero-order valence-corrected chi connectivity index (χ0v) is 12.7. The molecule has 3 rings (SSSR count). The van der Waals surface area contributed by atoms with Crippen LogP contribution < -0.4 is 5.32 Å². The zero-order valence-electron chi connectivity index (χ0n) is 12.7. The van der Waals surface area contributed by atoms with Gasteiger partial charge in [0.1, 0.15) is 5.52 Å². The lowest BCUT2D eigenvalue weighted by molar-refractivity contribution is -0.384. The number of hydrogen-bond acceptors (Lipinski definition) is 5. The van der Waals surface area contributed by atoms with Crippen molar-refractivity contribution in [3.63, 3.8) is 0 Å². The normalized spacial score (nSPS) is 9.95. The Kier molecular flexibility index (Phi) is 4.73. The van der Waals surface area contributed by atoms with Crippen molar-refractivity contribution in [1.29, 1.82) is 0 Å². The fourth-order valence-corrected chi connectivity index (χ4v) is 1.93. The summed E-state index contributed by atoms with van der Waals surface area (Å²) in [6.45, 7) is 4.00. The maximum absolute atomic E-state index is 10.7. The molecule has 0 aliphatic rings. The standard InChI is InChI=1S/C14H11N3O3.C2H6/c1-15-10-4-2-9(3-5-10)14-16-12-7-6-11(17(18)19)8-13(12)20-14;1-2/h2-8,15H,1H3;1-2H3. The van der Waals surface area contributed by atoms with Gasteiger partial charge in [-0.15, -0.1) is 0 Å². The Bertz CT molecular complexity index is 779. The van der Waals surface area contributed by atoms with Crippen LogP contribution in [0.1, 0.15) is 13.8 Å². The second kappa shape index (κ2) is 6.71. The number of nitro benzene ring substituents is 1. The summed E-state index contributed by atoms with van der Waals surface area (Å²) >= 11 is 0. The third kappa shape index (κ3) is 3.06. The van der Waals surface area contributed by atoms with E-state index in [2.05, 4.69) is 10.3 Å². The fraction of sp³-hybridized carbons (Fsp3) is 0.188. The minimum absolute atomic E-state index is 0.00858. The molecule has 0 bridgehead atoms. The van der Waals surface area contributed by atoms with E-state index in [9.17, 15) is 10.1 Å². The van der Waals surface area contributed by atoms with E-state index in [1.807, 2.05) is 45.2 Å². The number of hydrogen-bond donors (Lipinski definition) is 1. The summed E-state index contributed by atoms with van der Waals surface area (Å²) in [4.78, 5) is 14.6. The third-order valence-electron chi connectivity index (χ3n) is 3.00. The van der Waals surface area contributed by atoms with Crippen LogP contribution in [0.3, 0.4) is 0 Å². The van der Waals surface area contributed by atoms with Crippen molar-refractivity contribution in [2.24, 2.45) is 0 Å². The SMILES string of the molecule is CC.CNc1ccc(-c2nc3ccc([N+](=O)[O-])cc3o2)cc1. The van der Waals surface area contributed by atoms with Crippen molar-refractivity contribution in [2.75, 3.05) is 12.4 Å². The van der Waals surface area contributed by atoms with Crippen LogP contribution in [0, 0.1) is 10.1 Å². The van der Waals surface area contributed by atoms with Crippen molar-refractivity contribution in [3.8, 4) is 11.5 Å². The topological polar surface area (TPSA) is 81.2 Å². The number of benzene rings is 2. The Balaban J connectivity index is 0.000000847. The van der Waals surface area contributed by atoms with E-state index in [0.717, 1.165) is 11.3 Å². The monoisotopic (exact) mass is 299 g/mol. The molecule has 0 amide bonds. The molecule has 22 heavy (non-hydrogen) atoms. The summed E-state index contributed by atoms with van der Waals surface area (Å²) in [5.41, 5.74) is 2.81. The molecule has 0 aliphatic heterocycles. The number of oxazole rings is 1. The van der Waals surface area contributed by atoms with Crippen LogP contribution in [0.4, 0.5) is 11.4 Å². The molecule has 0 atom stereocenters. The average molecular weight is 299 g/mol. The molecular formula is C16H17N3O3. The average Bonchev–Trinajstić information content (AvgIpc) is 2.99. The Morgan fingerprint density at radius 3 is 2.41 bits per heavy atom. The predicted molar refractivity (Wildman–Crippen MR) is 87.0 cm³/mol. The highest BCUT2D eigenvalue weighted by Crippen LogP contribution is 2.27. The molecule has 1 N–H and O–H groups in total. The first kappa shape index (κ1) is 15.5. The molecule has 6 heteroatoms. The first-order chi connectivity index (χ1) is 10.7. The summed E-state index contributed by atoms with van der Waals surface area (Å²) in [6, 6.07) is 12.0. The highest BCUT2D eigenvalue weighted by atomic mass is 16.6. The van der Waals surface area contributed by atoms with Gasteiger partial charge in [0.25, 0.3) is 5.69 Å². The van der Waals surface area contributed by atoms with Gasteiger partial charge < -0.3 is 9.73 Å². The van der Waals surface area contributed by atoms with E-state index in [4.69, 9.17) is 4.42 Å². The predicted octanol–water partition coefficient (Wildman–Crippen LogP) is 4.47. The van der Waals surface area contributed by atoms with Crippen molar-refractivity contribution in [1.82, 2.24) is 4.98 Å². The third-order valence-corrected chi connectivity index (χ3v) is 3.00. The lowest BCUT2D eigenvalue weighted by atomic mass is 10.2. The second-order valence-corrected chi connectivity index (χ2v) is 4.26. The highest BCUT2D eigenvalue weighted by molar-refractivity contribution is 5.78. The van der Waals surface area contributed by atoms with Gasteiger partial charge in [-0.05, 0) is 30.3 Å². The quantitative estimate of drug-likeness (QED) is 0.570. The van der Waals surface area contributed by atoms with Crippen molar-refractivity contribution in [3.05, 3.63) is 52.6 Å². The summed E-state index contributed by atoms with van der Waals surface area (Å²) in [6.07, 6.45) is 0. The zero-order chi connectivity index (χ0) is 16.1. The van der Waals surface area contributed by atoms with Crippen LogP contribution >= 0.6 is 0 Å². The largest absolute Gasteiger partial charge is 0.436 e. The molecule has 0 radical (unpaired) electrons. The fourth-order valence-electron chi connectivity index (χ4n) is 1.93. The smallest absolute Gasteiger partial charge is 0.273 e. The molecule has 3 aromatic rings. The van der Waals surface area contributed by atoms with Gasteiger partial charge in [-0.1, -0.05) is 13.8 Å². The van der Waals surface area contributed by atoms with E-state index in [1.165, 1.54) is 12.1 Å². The van der Waals surface area contributed by atoms with Crippen LogP contribution in [-0.2, 0) is 0 Å². The molecular weight excluding hydrogens is 282 g/mol. The lowest BCUT2D eigenvalue weighted by Crippen LogP contribution is -1.86.